The Bertz CT molecular complexity index is 190. The van der Waals surface area contributed by atoms with Crippen molar-refractivity contribution in [2.45, 2.75) is 25.4 Å². The van der Waals surface area contributed by atoms with E-state index in [9.17, 15) is 9.90 Å². The first-order valence-corrected chi connectivity index (χ1v) is 4.11. The topological polar surface area (TPSA) is 57.5 Å². The van der Waals surface area contributed by atoms with Crippen molar-refractivity contribution in [3.63, 3.8) is 0 Å². The summed E-state index contributed by atoms with van der Waals surface area (Å²) in [5.41, 5.74) is 0. The maximum atomic E-state index is 10.7. The van der Waals surface area contributed by atoms with Gasteiger partial charge in [-0.15, -0.1) is 0 Å². The molecule has 2 rings (SSSR count). The SMILES string of the molecule is O=C(O)[C@H]1[C@H]2CC[C@H]1[C@@H](O)C2. The van der Waals surface area contributed by atoms with Crippen LogP contribution >= 0.6 is 0 Å². The van der Waals surface area contributed by atoms with Crippen LogP contribution in [0.5, 0.6) is 0 Å². The molecular formula is C8H12O3. The van der Waals surface area contributed by atoms with Crippen LogP contribution in [0.4, 0.5) is 0 Å². The fourth-order valence-corrected chi connectivity index (χ4v) is 2.68. The third kappa shape index (κ3) is 0.872. The maximum absolute atomic E-state index is 10.7. The number of aliphatic carboxylic acids is 1. The Morgan fingerprint density at radius 1 is 1.36 bits per heavy atom. The summed E-state index contributed by atoms with van der Waals surface area (Å²) in [6.07, 6.45) is 2.28. The summed E-state index contributed by atoms with van der Waals surface area (Å²) in [6.45, 7) is 0. The number of hydrogen-bond acceptors (Lipinski definition) is 2. The number of aliphatic hydroxyl groups excluding tert-OH is 1. The van der Waals surface area contributed by atoms with Crippen LogP contribution in [-0.2, 0) is 4.79 Å². The fraction of sp³-hybridized carbons (Fsp3) is 0.875. The van der Waals surface area contributed by atoms with Gasteiger partial charge in [0.25, 0.3) is 0 Å². The Hall–Kier alpha value is -0.570. The van der Waals surface area contributed by atoms with Gasteiger partial charge in [-0.1, -0.05) is 0 Å². The number of carbonyl (C=O) groups is 1. The van der Waals surface area contributed by atoms with E-state index in [0.717, 1.165) is 12.8 Å². The van der Waals surface area contributed by atoms with E-state index in [2.05, 4.69) is 0 Å². The number of fused-ring (bicyclic) bond motifs is 2. The summed E-state index contributed by atoms with van der Waals surface area (Å²) in [6, 6.07) is 0. The minimum Gasteiger partial charge on any atom is -0.481 e. The number of carboxylic acids is 1. The van der Waals surface area contributed by atoms with E-state index < -0.39 is 5.97 Å². The molecule has 4 atom stereocenters. The van der Waals surface area contributed by atoms with Crippen LogP contribution in [0.15, 0.2) is 0 Å². The highest BCUT2D eigenvalue weighted by atomic mass is 16.4. The van der Waals surface area contributed by atoms with Crippen LogP contribution in [0.2, 0.25) is 0 Å². The molecule has 11 heavy (non-hydrogen) atoms. The molecule has 0 aromatic rings. The van der Waals surface area contributed by atoms with Crippen molar-refractivity contribution in [2.24, 2.45) is 17.8 Å². The van der Waals surface area contributed by atoms with Gasteiger partial charge < -0.3 is 10.2 Å². The van der Waals surface area contributed by atoms with Crippen LogP contribution in [0.25, 0.3) is 0 Å². The minimum atomic E-state index is -0.714. The molecule has 0 unspecified atom stereocenters. The van der Waals surface area contributed by atoms with Crippen molar-refractivity contribution in [1.82, 2.24) is 0 Å². The lowest BCUT2D eigenvalue weighted by Crippen LogP contribution is -2.22. The second kappa shape index (κ2) is 2.21. The average molecular weight is 156 g/mol. The van der Waals surface area contributed by atoms with E-state index in [1.54, 1.807) is 0 Å². The van der Waals surface area contributed by atoms with E-state index in [4.69, 9.17) is 5.11 Å². The molecule has 0 aromatic carbocycles. The smallest absolute Gasteiger partial charge is 0.307 e. The van der Waals surface area contributed by atoms with Gasteiger partial charge in [-0.05, 0) is 31.1 Å². The molecule has 0 aromatic heterocycles. The van der Waals surface area contributed by atoms with Gasteiger partial charge in [-0.25, -0.2) is 0 Å². The van der Waals surface area contributed by atoms with Crippen molar-refractivity contribution in [3.05, 3.63) is 0 Å². The van der Waals surface area contributed by atoms with Crippen LogP contribution < -0.4 is 0 Å². The summed E-state index contributed by atoms with van der Waals surface area (Å²) >= 11 is 0. The Morgan fingerprint density at radius 3 is 2.36 bits per heavy atom. The molecule has 0 spiro atoms. The van der Waals surface area contributed by atoms with Crippen LogP contribution in [0, 0.1) is 17.8 Å². The van der Waals surface area contributed by atoms with Crippen molar-refractivity contribution >= 4 is 5.97 Å². The first kappa shape index (κ1) is 7.10. The number of hydrogen-bond donors (Lipinski definition) is 2. The lowest BCUT2D eigenvalue weighted by atomic mass is 9.97. The Morgan fingerprint density at radius 2 is 2.09 bits per heavy atom. The van der Waals surface area contributed by atoms with Gasteiger partial charge in [0.15, 0.2) is 0 Å². The molecule has 0 saturated heterocycles. The van der Waals surface area contributed by atoms with E-state index >= 15 is 0 Å². The molecule has 2 fully saturated rings. The highest BCUT2D eigenvalue weighted by molar-refractivity contribution is 5.71. The first-order valence-electron chi connectivity index (χ1n) is 4.11. The van der Waals surface area contributed by atoms with Crippen molar-refractivity contribution < 1.29 is 15.0 Å². The van der Waals surface area contributed by atoms with Crippen molar-refractivity contribution in [2.75, 3.05) is 0 Å². The van der Waals surface area contributed by atoms with Crippen LogP contribution in [-0.4, -0.2) is 22.3 Å². The third-order valence-electron chi connectivity index (χ3n) is 3.16. The highest BCUT2D eigenvalue weighted by Gasteiger charge is 2.50. The molecule has 2 saturated carbocycles. The van der Waals surface area contributed by atoms with Gasteiger partial charge in [-0.2, -0.15) is 0 Å². The summed E-state index contributed by atoms with van der Waals surface area (Å²) in [4.78, 5) is 10.7. The predicted octanol–water partition coefficient (Wildman–Crippen LogP) is 0.478. The number of aliphatic hydroxyl groups is 1. The molecule has 62 valence electrons. The van der Waals surface area contributed by atoms with Gasteiger partial charge in [-0.3, -0.25) is 4.79 Å². The van der Waals surface area contributed by atoms with Crippen LogP contribution in [0.1, 0.15) is 19.3 Å². The number of carboxylic acid groups (broad SMARTS) is 1. The minimum absolute atomic E-state index is 0.0532. The summed E-state index contributed by atoms with van der Waals surface area (Å²) < 4.78 is 0. The standard InChI is InChI=1S/C8H12O3/c9-6-3-4-1-2-5(6)7(4)8(10)11/h4-7,9H,1-3H2,(H,10,11)/t4-,5-,6-,7-/m0/s1. The van der Waals surface area contributed by atoms with Crippen molar-refractivity contribution in [3.8, 4) is 0 Å². The second-order valence-corrected chi connectivity index (χ2v) is 3.67. The van der Waals surface area contributed by atoms with E-state index in [0.29, 0.717) is 6.42 Å². The Kier molecular flexibility index (Phi) is 1.42. The molecule has 3 heteroatoms. The van der Waals surface area contributed by atoms with Gasteiger partial charge in [0, 0.05) is 0 Å². The largest absolute Gasteiger partial charge is 0.481 e. The van der Waals surface area contributed by atoms with E-state index in [-0.39, 0.29) is 23.9 Å². The third-order valence-corrected chi connectivity index (χ3v) is 3.16. The molecule has 2 aliphatic rings. The molecule has 0 radical (unpaired) electrons. The summed E-state index contributed by atoms with van der Waals surface area (Å²) in [7, 11) is 0. The molecule has 0 heterocycles. The van der Waals surface area contributed by atoms with Gasteiger partial charge in [0.2, 0.25) is 0 Å². The lowest BCUT2D eigenvalue weighted by molar-refractivity contribution is -0.143. The fourth-order valence-electron chi connectivity index (χ4n) is 2.68. The predicted molar refractivity (Wildman–Crippen MR) is 38.0 cm³/mol. The van der Waals surface area contributed by atoms with Crippen molar-refractivity contribution in [1.29, 1.82) is 0 Å². The highest BCUT2D eigenvalue weighted by Crippen LogP contribution is 2.49. The molecule has 2 N–H and O–H groups in total. The molecule has 3 nitrogen and oxygen atoms in total. The quantitative estimate of drug-likeness (QED) is 0.580. The Balaban J connectivity index is 2.19. The molecule has 2 aliphatic carbocycles. The second-order valence-electron chi connectivity index (χ2n) is 3.67. The van der Waals surface area contributed by atoms with E-state index in [1.165, 1.54) is 0 Å². The average Bonchev–Trinajstić information content (AvgIpc) is 2.41. The monoisotopic (exact) mass is 156 g/mol. The van der Waals surface area contributed by atoms with E-state index in [1.807, 2.05) is 0 Å². The van der Waals surface area contributed by atoms with Gasteiger partial charge >= 0.3 is 5.97 Å². The van der Waals surface area contributed by atoms with Gasteiger partial charge in [0.05, 0.1) is 12.0 Å². The molecule has 0 amide bonds. The zero-order chi connectivity index (χ0) is 8.01. The first-order chi connectivity index (χ1) is 5.20. The van der Waals surface area contributed by atoms with Gasteiger partial charge in [0.1, 0.15) is 0 Å². The number of rotatable bonds is 1. The molecule has 2 bridgehead atoms. The zero-order valence-corrected chi connectivity index (χ0v) is 6.23. The molecular weight excluding hydrogens is 144 g/mol. The maximum Gasteiger partial charge on any atom is 0.307 e. The molecule has 0 aliphatic heterocycles. The zero-order valence-electron chi connectivity index (χ0n) is 6.23. The summed E-state index contributed by atoms with van der Waals surface area (Å²) in [5, 5.41) is 18.2. The summed E-state index contributed by atoms with van der Waals surface area (Å²) in [5.74, 6) is -0.649. The lowest BCUT2D eigenvalue weighted by Gasteiger charge is -2.14. The Labute approximate surface area is 65.0 Å². The normalized spacial score (nSPS) is 48.1. The van der Waals surface area contributed by atoms with Crippen LogP contribution in [0.3, 0.4) is 0 Å².